The summed E-state index contributed by atoms with van der Waals surface area (Å²) in [5, 5.41) is 6.79. The van der Waals surface area contributed by atoms with E-state index in [-0.39, 0.29) is 5.91 Å². The smallest absolute Gasteiger partial charge is 0.233 e. The van der Waals surface area contributed by atoms with E-state index in [1.807, 2.05) is 0 Å². The van der Waals surface area contributed by atoms with Crippen molar-refractivity contribution in [3.8, 4) is 0 Å². The molecule has 1 aliphatic heterocycles. The van der Waals surface area contributed by atoms with Crippen molar-refractivity contribution < 1.29 is 4.79 Å². The highest BCUT2D eigenvalue weighted by molar-refractivity contribution is 5.77. The second kappa shape index (κ2) is 4.31. The summed E-state index contributed by atoms with van der Waals surface area (Å²) in [4.78, 5) is 13.0. The first-order valence-electron chi connectivity index (χ1n) is 3.89. The number of carbonyl (C=O) groups excluding carboxylic acids is 1. The Morgan fingerprint density at radius 1 is 1.55 bits per heavy atom. The van der Waals surface area contributed by atoms with Crippen molar-refractivity contribution in [3.63, 3.8) is 0 Å². The van der Waals surface area contributed by atoms with Crippen LogP contribution in [0.25, 0.3) is 0 Å². The predicted molar refractivity (Wildman–Crippen MR) is 42.4 cm³/mol. The fourth-order valence-electron chi connectivity index (χ4n) is 1.09. The lowest BCUT2D eigenvalue weighted by atomic mass is 10.3. The van der Waals surface area contributed by atoms with Gasteiger partial charge in [-0.1, -0.05) is 0 Å². The van der Waals surface area contributed by atoms with Gasteiger partial charge in [-0.05, 0) is 0 Å². The molecule has 1 N–H and O–H groups in total. The molecule has 0 aromatic carbocycles. The summed E-state index contributed by atoms with van der Waals surface area (Å²) >= 11 is 0. The number of piperazine rings is 1. The Morgan fingerprint density at radius 2 is 2.18 bits per heavy atom. The molecule has 1 radical (unpaired) electrons. The molecule has 0 saturated carbocycles. The minimum Gasteiger partial charge on any atom is -0.358 e. The molecule has 11 heavy (non-hydrogen) atoms. The average Bonchev–Trinajstić information content (AvgIpc) is 2.06. The third-order valence-corrected chi connectivity index (χ3v) is 1.79. The van der Waals surface area contributed by atoms with Gasteiger partial charge in [-0.25, -0.2) is 5.32 Å². The molecule has 1 rings (SSSR count). The van der Waals surface area contributed by atoms with Gasteiger partial charge in [0.2, 0.25) is 5.91 Å². The van der Waals surface area contributed by atoms with Gasteiger partial charge in [-0.2, -0.15) is 0 Å². The predicted octanol–water partition coefficient (Wildman–Crippen LogP) is -1.35. The van der Waals surface area contributed by atoms with E-state index >= 15 is 0 Å². The zero-order valence-corrected chi connectivity index (χ0v) is 6.84. The molecule has 0 bridgehead atoms. The van der Waals surface area contributed by atoms with Gasteiger partial charge in [-0.3, -0.25) is 9.69 Å². The Labute approximate surface area is 66.9 Å². The summed E-state index contributed by atoms with van der Waals surface area (Å²) in [5.74, 6) is 0.0897. The van der Waals surface area contributed by atoms with Crippen LogP contribution in [0, 0.1) is 0 Å². The van der Waals surface area contributed by atoms with Gasteiger partial charge < -0.3 is 5.32 Å². The van der Waals surface area contributed by atoms with Gasteiger partial charge in [0.05, 0.1) is 6.54 Å². The van der Waals surface area contributed by atoms with E-state index in [2.05, 4.69) is 15.5 Å². The number of hydrogen-bond acceptors (Lipinski definition) is 2. The third kappa shape index (κ3) is 2.86. The number of hydrogen-bond donors (Lipinski definition) is 1. The Hall–Kier alpha value is -0.610. The fourth-order valence-corrected chi connectivity index (χ4v) is 1.09. The molecule has 0 unspecified atom stereocenters. The van der Waals surface area contributed by atoms with Crippen LogP contribution in [0.2, 0.25) is 0 Å². The highest BCUT2D eigenvalue weighted by Gasteiger charge is 2.12. The lowest BCUT2D eigenvalue weighted by molar-refractivity contribution is -0.121. The standard InChI is InChI=1S/C7H14N3O/c1-8-7(11)6-10-4-2-9-3-5-10/h2-6H2,1H3,(H,8,11). The second-order valence-corrected chi connectivity index (χ2v) is 2.62. The SMILES string of the molecule is CNC(=O)CN1CC[N]CC1. The molecule has 0 aromatic rings. The summed E-state index contributed by atoms with van der Waals surface area (Å²) in [7, 11) is 1.66. The Bertz CT molecular complexity index is 132. The molecule has 63 valence electrons. The first-order valence-corrected chi connectivity index (χ1v) is 3.89. The molecular formula is C7H14N3O. The van der Waals surface area contributed by atoms with Gasteiger partial charge in [0.15, 0.2) is 0 Å². The van der Waals surface area contributed by atoms with Crippen molar-refractivity contribution in [2.45, 2.75) is 0 Å². The number of likely N-dealkylation sites (N-methyl/N-ethyl adjacent to an activating group) is 1. The summed E-state index contributed by atoms with van der Waals surface area (Å²) in [6.45, 7) is 4.11. The number of nitrogens with one attached hydrogen (secondary N) is 1. The number of rotatable bonds is 2. The third-order valence-electron chi connectivity index (χ3n) is 1.79. The van der Waals surface area contributed by atoms with Crippen molar-refractivity contribution >= 4 is 5.91 Å². The lowest BCUT2D eigenvalue weighted by Gasteiger charge is -2.24. The largest absolute Gasteiger partial charge is 0.358 e. The maximum atomic E-state index is 10.9. The van der Waals surface area contributed by atoms with E-state index in [1.165, 1.54) is 0 Å². The summed E-state index contributed by atoms with van der Waals surface area (Å²) in [6.07, 6.45) is 0. The molecule has 1 heterocycles. The summed E-state index contributed by atoms with van der Waals surface area (Å²) in [6, 6.07) is 0. The Morgan fingerprint density at radius 3 is 2.73 bits per heavy atom. The topological polar surface area (TPSA) is 46.4 Å². The molecule has 1 amide bonds. The van der Waals surface area contributed by atoms with Crippen LogP contribution in [-0.2, 0) is 4.79 Å². The fraction of sp³-hybridized carbons (Fsp3) is 0.857. The van der Waals surface area contributed by atoms with Gasteiger partial charge >= 0.3 is 0 Å². The summed E-state index contributed by atoms with van der Waals surface area (Å²) < 4.78 is 0. The van der Waals surface area contributed by atoms with Crippen molar-refractivity contribution in [1.82, 2.24) is 15.5 Å². The summed E-state index contributed by atoms with van der Waals surface area (Å²) in [5.41, 5.74) is 0. The minimum absolute atomic E-state index is 0.0897. The normalized spacial score (nSPS) is 19.7. The minimum atomic E-state index is 0.0897. The van der Waals surface area contributed by atoms with Crippen LogP contribution in [-0.4, -0.2) is 50.6 Å². The maximum Gasteiger partial charge on any atom is 0.233 e. The quantitative estimate of drug-likeness (QED) is 0.537. The second-order valence-electron chi connectivity index (χ2n) is 2.62. The molecular weight excluding hydrogens is 142 g/mol. The molecule has 0 atom stereocenters. The molecule has 1 saturated heterocycles. The van der Waals surface area contributed by atoms with Gasteiger partial charge in [0, 0.05) is 33.2 Å². The van der Waals surface area contributed by atoms with Crippen LogP contribution in [0.1, 0.15) is 0 Å². The van der Waals surface area contributed by atoms with Crippen molar-refractivity contribution in [2.24, 2.45) is 0 Å². The zero-order chi connectivity index (χ0) is 8.10. The Balaban J connectivity index is 2.19. The molecule has 0 spiro atoms. The average molecular weight is 156 g/mol. The van der Waals surface area contributed by atoms with E-state index in [0.29, 0.717) is 6.54 Å². The van der Waals surface area contributed by atoms with Gasteiger partial charge in [-0.15, -0.1) is 0 Å². The van der Waals surface area contributed by atoms with Crippen molar-refractivity contribution in [3.05, 3.63) is 0 Å². The van der Waals surface area contributed by atoms with Crippen molar-refractivity contribution in [2.75, 3.05) is 39.8 Å². The molecule has 4 nitrogen and oxygen atoms in total. The Kier molecular flexibility index (Phi) is 3.32. The molecule has 0 aliphatic carbocycles. The van der Waals surface area contributed by atoms with Crippen LogP contribution in [0.15, 0.2) is 0 Å². The number of amides is 1. The van der Waals surface area contributed by atoms with E-state index in [0.717, 1.165) is 26.2 Å². The molecule has 1 fully saturated rings. The van der Waals surface area contributed by atoms with Crippen LogP contribution < -0.4 is 10.6 Å². The van der Waals surface area contributed by atoms with Crippen molar-refractivity contribution in [1.29, 1.82) is 0 Å². The van der Waals surface area contributed by atoms with E-state index in [9.17, 15) is 4.79 Å². The zero-order valence-electron chi connectivity index (χ0n) is 6.84. The van der Waals surface area contributed by atoms with Crippen LogP contribution in [0.3, 0.4) is 0 Å². The van der Waals surface area contributed by atoms with E-state index in [1.54, 1.807) is 7.05 Å². The van der Waals surface area contributed by atoms with Crippen LogP contribution in [0.4, 0.5) is 0 Å². The molecule has 4 heteroatoms. The van der Waals surface area contributed by atoms with Crippen LogP contribution >= 0.6 is 0 Å². The van der Waals surface area contributed by atoms with E-state index in [4.69, 9.17) is 0 Å². The van der Waals surface area contributed by atoms with E-state index < -0.39 is 0 Å². The first kappa shape index (κ1) is 8.49. The number of nitrogens with zero attached hydrogens (tertiary/aromatic N) is 2. The maximum absolute atomic E-state index is 10.9. The highest BCUT2D eigenvalue weighted by Crippen LogP contribution is 1.91. The van der Waals surface area contributed by atoms with Gasteiger partial charge in [0.25, 0.3) is 0 Å². The van der Waals surface area contributed by atoms with Crippen LogP contribution in [0.5, 0.6) is 0 Å². The monoisotopic (exact) mass is 156 g/mol. The molecule has 1 aliphatic rings. The number of carbonyl (C=O) groups is 1. The lowest BCUT2D eigenvalue weighted by Crippen LogP contribution is -2.44. The molecule has 0 aromatic heterocycles. The first-order chi connectivity index (χ1) is 5.33. The van der Waals surface area contributed by atoms with Gasteiger partial charge in [0.1, 0.15) is 0 Å². The highest BCUT2D eigenvalue weighted by atomic mass is 16.1.